The van der Waals surface area contributed by atoms with E-state index in [4.69, 9.17) is 4.52 Å². The highest BCUT2D eigenvalue weighted by Crippen LogP contribution is 2.26. The van der Waals surface area contributed by atoms with E-state index < -0.39 is 16.7 Å². The van der Waals surface area contributed by atoms with E-state index in [0.717, 1.165) is 11.8 Å². The van der Waals surface area contributed by atoms with E-state index in [0.29, 0.717) is 22.0 Å². The molecule has 0 radical (unpaired) electrons. The van der Waals surface area contributed by atoms with Crippen molar-refractivity contribution in [2.75, 3.05) is 0 Å². The molecule has 0 bridgehead atoms. The summed E-state index contributed by atoms with van der Waals surface area (Å²) in [6.07, 6.45) is 0. The monoisotopic (exact) mass is 412 g/mol. The third kappa shape index (κ3) is 5.20. The molecule has 1 heterocycles. The van der Waals surface area contributed by atoms with Gasteiger partial charge in [0.2, 0.25) is 0 Å². The Hall–Kier alpha value is -3.66. The SMILES string of the molecule is Cc1cc(CSc2ccccc2C(=O)NNC(=O)c2cccc([N+](=O)[O-])c2)on1. The Bertz CT molecular complexity index is 1070. The zero-order valence-electron chi connectivity index (χ0n) is 15.2. The van der Waals surface area contributed by atoms with E-state index in [1.165, 1.54) is 30.0 Å². The molecule has 3 aromatic rings. The first-order chi connectivity index (χ1) is 13.9. The van der Waals surface area contributed by atoms with Gasteiger partial charge in [-0.2, -0.15) is 0 Å². The van der Waals surface area contributed by atoms with Gasteiger partial charge in [-0.05, 0) is 25.1 Å². The van der Waals surface area contributed by atoms with Crippen LogP contribution in [0.5, 0.6) is 0 Å². The predicted molar refractivity (Wildman–Crippen MR) is 105 cm³/mol. The number of aromatic nitrogens is 1. The fourth-order valence-corrected chi connectivity index (χ4v) is 3.35. The summed E-state index contributed by atoms with van der Waals surface area (Å²) in [6, 6.07) is 13.9. The van der Waals surface area contributed by atoms with Crippen molar-refractivity contribution >= 4 is 29.3 Å². The van der Waals surface area contributed by atoms with Gasteiger partial charge < -0.3 is 4.52 Å². The Morgan fingerprint density at radius 2 is 1.86 bits per heavy atom. The fourth-order valence-electron chi connectivity index (χ4n) is 2.43. The average Bonchev–Trinajstić information content (AvgIpc) is 3.15. The third-order valence-corrected chi connectivity index (χ3v) is 4.88. The van der Waals surface area contributed by atoms with Crippen LogP contribution in [0.15, 0.2) is 64.0 Å². The number of carbonyl (C=O) groups is 2. The van der Waals surface area contributed by atoms with Gasteiger partial charge in [-0.3, -0.25) is 30.6 Å². The molecule has 1 aromatic heterocycles. The molecular weight excluding hydrogens is 396 g/mol. The second-order valence-electron chi connectivity index (χ2n) is 5.94. The first kappa shape index (κ1) is 20.1. The van der Waals surface area contributed by atoms with Gasteiger partial charge in [0.05, 0.1) is 21.9 Å². The van der Waals surface area contributed by atoms with Gasteiger partial charge in [-0.25, -0.2) is 0 Å². The number of nitrogens with one attached hydrogen (secondary N) is 2. The average molecular weight is 412 g/mol. The lowest BCUT2D eigenvalue weighted by Crippen LogP contribution is -2.41. The Kier molecular flexibility index (Phi) is 6.25. The summed E-state index contributed by atoms with van der Waals surface area (Å²) >= 11 is 1.40. The minimum Gasteiger partial charge on any atom is -0.360 e. The number of thioether (sulfide) groups is 1. The standard InChI is InChI=1S/C19H16N4O5S/c1-12-9-15(28-22-12)11-29-17-8-3-2-7-16(17)19(25)21-20-18(24)13-5-4-6-14(10-13)23(26)27/h2-10H,11H2,1H3,(H,20,24)(H,21,25). The van der Waals surface area contributed by atoms with Crippen molar-refractivity contribution in [3.8, 4) is 0 Å². The van der Waals surface area contributed by atoms with E-state index in [1.807, 2.05) is 13.0 Å². The minimum atomic E-state index is -0.663. The maximum atomic E-state index is 12.5. The number of nitrogens with zero attached hydrogens (tertiary/aromatic N) is 2. The topological polar surface area (TPSA) is 127 Å². The van der Waals surface area contributed by atoms with Gasteiger partial charge in [0.25, 0.3) is 17.5 Å². The number of hydrazine groups is 1. The molecule has 9 nitrogen and oxygen atoms in total. The Morgan fingerprint density at radius 1 is 1.10 bits per heavy atom. The molecule has 0 saturated carbocycles. The van der Waals surface area contributed by atoms with Crippen molar-refractivity contribution in [2.24, 2.45) is 0 Å². The van der Waals surface area contributed by atoms with Gasteiger partial charge >= 0.3 is 0 Å². The number of benzene rings is 2. The summed E-state index contributed by atoms with van der Waals surface area (Å²) in [5, 5.41) is 14.6. The molecule has 2 N–H and O–H groups in total. The van der Waals surface area contributed by atoms with Gasteiger partial charge in [0.1, 0.15) is 5.76 Å². The summed E-state index contributed by atoms with van der Waals surface area (Å²) in [4.78, 5) is 35.6. The van der Waals surface area contributed by atoms with Crippen molar-refractivity contribution in [2.45, 2.75) is 17.6 Å². The summed E-state index contributed by atoms with van der Waals surface area (Å²) < 4.78 is 5.16. The first-order valence-corrected chi connectivity index (χ1v) is 9.42. The summed E-state index contributed by atoms with van der Waals surface area (Å²) in [6.45, 7) is 1.82. The molecule has 2 aromatic carbocycles. The van der Waals surface area contributed by atoms with E-state index in [2.05, 4.69) is 16.0 Å². The van der Waals surface area contributed by atoms with Crippen LogP contribution in [-0.2, 0) is 5.75 Å². The summed E-state index contributed by atoms with van der Waals surface area (Å²) in [5.74, 6) is -0.00261. The molecule has 0 saturated heterocycles. The van der Waals surface area contributed by atoms with E-state index in [-0.39, 0.29) is 11.3 Å². The smallest absolute Gasteiger partial charge is 0.270 e. The Morgan fingerprint density at radius 3 is 2.59 bits per heavy atom. The zero-order chi connectivity index (χ0) is 20.8. The van der Waals surface area contributed by atoms with Crippen molar-refractivity contribution < 1.29 is 19.0 Å². The molecule has 148 valence electrons. The third-order valence-electron chi connectivity index (χ3n) is 3.79. The van der Waals surface area contributed by atoms with Gasteiger partial charge in [-0.15, -0.1) is 11.8 Å². The second-order valence-corrected chi connectivity index (χ2v) is 6.95. The largest absolute Gasteiger partial charge is 0.360 e. The molecule has 0 aliphatic rings. The van der Waals surface area contributed by atoms with Gasteiger partial charge in [-0.1, -0.05) is 23.4 Å². The number of amides is 2. The van der Waals surface area contributed by atoms with Crippen LogP contribution in [0.2, 0.25) is 0 Å². The van der Waals surface area contributed by atoms with Crippen molar-refractivity contribution in [1.82, 2.24) is 16.0 Å². The molecule has 0 aliphatic heterocycles. The number of carbonyl (C=O) groups excluding carboxylic acids is 2. The lowest BCUT2D eigenvalue weighted by Gasteiger charge is -2.10. The second kappa shape index (κ2) is 9.02. The number of nitro groups is 1. The predicted octanol–water partition coefficient (Wildman–Crippen LogP) is 3.26. The minimum absolute atomic E-state index is 0.0582. The van der Waals surface area contributed by atoms with Crippen LogP contribution in [0.25, 0.3) is 0 Å². The van der Waals surface area contributed by atoms with Crippen LogP contribution >= 0.6 is 11.8 Å². The first-order valence-electron chi connectivity index (χ1n) is 8.43. The van der Waals surface area contributed by atoms with Gasteiger partial charge in [0.15, 0.2) is 0 Å². The molecule has 0 atom stereocenters. The van der Waals surface area contributed by atoms with E-state index in [1.54, 1.807) is 24.3 Å². The quantitative estimate of drug-likeness (QED) is 0.361. The van der Waals surface area contributed by atoms with Crippen LogP contribution in [0.1, 0.15) is 32.2 Å². The molecule has 0 spiro atoms. The van der Waals surface area contributed by atoms with E-state index >= 15 is 0 Å². The number of hydrogen-bond acceptors (Lipinski definition) is 7. The molecule has 0 fully saturated rings. The van der Waals surface area contributed by atoms with Crippen LogP contribution in [0, 0.1) is 17.0 Å². The maximum absolute atomic E-state index is 12.5. The van der Waals surface area contributed by atoms with Crippen LogP contribution in [-0.4, -0.2) is 21.9 Å². The van der Waals surface area contributed by atoms with Crippen molar-refractivity contribution in [3.63, 3.8) is 0 Å². The normalized spacial score (nSPS) is 10.4. The molecule has 0 unspecified atom stereocenters. The van der Waals surface area contributed by atoms with E-state index in [9.17, 15) is 19.7 Å². The highest BCUT2D eigenvalue weighted by Gasteiger charge is 2.15. The number of rotatable bonds is 6. The lowest BCUT2D eigenvalue weighted by atomic mass is 10.2. The summed E-state index contributed by atoms with van der Waals surface area (Å²) in [5.41, 5.74) is 5.59. The van der Waals surface area contributed by atoms with Crippen molar-refractivity contribution in [3.05, 3.63) is 87.3 Å². The van der Waals surface area contributed by atoms with Crippen LogP contribution < -0.4 is 10.9 Å². The Labute approximate surface area is 169 Å². The number of aryl methyl sites for hydroxylation is 1. The highest BCUT2D eigenvalue weighted by molar-refractivity contribution is 7.98. The maximum Gasteiger partial charge on any atom is 0.270 e. The number of non-ortho nitro benzene ring substituents is 1. The zero-order valence-corrected chi connectivity index (χ0v) is 16.1. The molecule has 0 aliphatic carbocycles. The molecular formula is C19H16N4O5S. The molecule has 29 heavy (non-hydrogen) atoms. The molecule has 2 amide bonds. The molecule has 3 rings (SSSR count). The number of hydrogen-bond donors (Lipinski definition) is 2. The highest BCUT2D eigenvalue weighted by atomic mass is 32.2. The molecule has 10 heteroatoms. The van der Waals surface area contributed by atoms with Crippen molar-refractivity contribution in [1.29, 1.82) is 0 Å². The summed E-state index contributed by atoms with van der Waals surface area (Å²) in [7, 11) is 0. The fraction of sp³-hybridized carbons (Fsp3) is 0.105. The Balaban J connectivity index is 1.64. The number of nitro benzene ring substituents is 1. The van der Waals surface area contributed by atoms with Crippen LogP contribution in [0.3, 0.4) is 0 Å². The van der Waals surface area contributed by atoms with Crippen LogP contribution in [0.4, 0.5) is 5.69 Å². The van der Waals surface area contributed by atoms with Gasteiger partial charge in [0, 0.05) is 28.7 Å². The lowest BCUT2D eigenvalue weighted by molar-refractivity contribution is -0.384.